The molecular formula is C16H21NO3. The third kappa shape index (κ3) is 2.59. The Balaban J connectivity index is 2.32. The van der Waals surface area contributed by atoms with E-state index in [2.05, 4.69) is 6.07 Å². The summed E-state index contributed by atoms with van der Waals surface area (Å²) in [7, 11) is 3.14. The zero-order valence-corrected chi connectivity index (χ0v) is 12.1. The fourth-order valence-electron chi connectivity index (χ4n) is 2.97. The van der Waals surface area contributed by atoms with E-state index >= 15 is 0 Å². The summed E-state index contributed by atoms with van der Waals surface area (Å²) in [5, 5.41) is 20.2. The van der Waals surface area contributed by atoms with Crippen LogP contribution in [-0.4, -0.2) is 19.3 Å². The van der Waals surface area contributed by atoms with Crippen LogP contribution in [0.15, 0.2) is 18.2 Å². The lowest BCUT2D eigenvalue weighted by Gasteiger charge is -2.35. The Morgan fingerprint density at radius 1 is 1.15 bits per heavy atom. The Bertz CT molecular complexity index is 501. The summed E-state index contributed by atoms with van der Waals surface area (Å²) in [5.41, 5.74) is 0.0452. The van der Waals surface area contributed by atoms with Crippen LogP contribution in [0, 0.1) is 16.7 Å². The van der Waals surface area contributed by atoms with Gasteiger partial charge < -0.3 is 14.6 Å². The molecule has 1 unspecified atom stereocenters. The van der Waals surface area contributed by atoms with Crippen LogP contribution in [0.5, 0.6) is 11.5 Å². The van der Waals surface area contributed by atoms with Crippen molar-refractivity contribution in [3.8, 4) is 17.6 Å². The first-order valence-corrected chi connectivity index (χ1v) is 6.98. The normalized spacial score (nSPS) is 18.9. The van der Waals surface area contributed by atoms with Crippen LogP contribution >= 0.6 is 0 Å². The van der Waals surface area contributed by atoms with Crippen molar-refractivity contribution in [3.63, 3.8) is 0 Å². The second-order valence-corrected chi connectivity index (χ2v) is 5.35. The van der Waals surface area contributed by atoms with Crippen LogP contribution in [0.25, 0.3) is 0 Å². The summed E-state index contributed by atoms with van der Waals surface area (Å²) in [4.78, 5) is 0. The van der Waals surface area contributed by atoms with Crippen molar-refractivity contribution in [1.29, 1.82) is 5.26 Å². The average Bonchev–Trinajstić information content (AvgIpc) is 2.54. The highest BCUT2D eigenvalue weighted by atomic mass is 16.5. The van der Waals surface area contributed by atoms with Crippen molar-refractivity contribution in [2.24, 2.45) is 5.41 Å². The van der Waals surface area contributed by atoms with E-state index in [4.69, 9.17) is 9.47 Å². The van der Waals surface area contributed by atoms with Crippen molar-refractivity contribution in [1.82, 2.24) is 0 Å². The number of rotatable bonds is 4. The molecule has 1 aliphatic rings. The molecule has 4 nitrogen and oxygen atoms in total. The molecule has 0 radical (unpaired) electrons. The molecule has 0 spiro atoms. The third-order valence-electron chi connectivity index (χ3n) is 4.22. The second kappa shape index (κ2) is 6.15. The van der Waals surface area contributed by atoms with Gasteiger partial charge in [-0.25, -0.2) is 0 Å². The number of aliphatic hydroxyl groups excluding tert-OH is 1. The number of hydrogen-bond donors (Lipinski definition) is 1. The minimum absolute atomic E-state index is 0.577. The molecule has 0 bridgehead atoms. The predicted molar refractivity (Wildman–Crippen MR) is 75.6 cm³/mol. The topological polar surface area (TPSA) is 62.5 Å². The minimum Gasteiger partial charge on any atom is -0.493 e. The number of nitrogens with zero attached hydrogens (tertiary/aromatic N) is 1. The molecule has 0 aliphatic heterocycles. The molecule has 1 aliphatic carbocycles. The van der Waals surface area contributed by atoms with Crippen LogP contribution in [0.1, 0.15) is 43.8 Å². The Morgan fingerprint density at radius 2 is 1.80 bits per heavy atom. The molecule has 1 atom stereocenters. The molecule has 4 heteroatoms. The first-order chi connectivity index (χ1) is 9.66. The van der Waals surface area contributed by atoms with Crippen LogP contribution in [-0.2, 0) is 0 Å². The van der Waals surface area contributed by atoms with Gasteiger partial charge >= 0.3 is 0 Å². The van der Waals surface area contributed by atoms with Crippen LogP contribution in [0.3, 0.4) is 0 Å². The smallest absolute Gasteiger partial charge is 0.161 e. The molecule has 1 aromatic rings. The van der Waals surface area contributed by atoms with Crippen LogP contribution in [0.4, 0.5) is 0 Å². The predicted octanol–water partition coefficient (Wildman–Crippen LogP) is 3.21. The molecule has 1 N–H and O–H groups in total. The minimum atomic E-state index is -0.785. The maximum absolute atomic E-state index is 10.7. The fourth-order valence-corrected chi connectivity index (χ4v) is 2.97. The van der Waals surface area contributed by atoms with Gasteiger partial charge in [-0.2, -0.15) is 5.26 Å². The fraction of sp³-hybridized carbons (Fsp3) is 0.562. The highest BCUT2D eigenvalue weighted by molar-refractivity contribution is 5.44. The highest BCUT2D eigenvalue weighted by Gasteiger charge is 2.40. The summed E-state index contributed by atoms with van der Waals surface area (Å²) >= 11 is 0. The number of methoxy groups -OCH3 is 2. The van der Waals surface area contributed by atoms with Gasteiger partial charge in [0.25, 0.3) is 0 Å². The standard InChI is InChI=1S/C16H21NO3/c1-19-13-7-6-12(10-14(13)20-2)15(18)16(11-17)8-4-3-5-9-16/h6-7,10,15,18H,3-5,8-9H2,1-2H3. The van der Waals surface area contributed by atoms with Gasteiger partial charge in [-0.1, -0.05) is 25.3 Å². The maximum atomic E-state index is 10.7. The molecule has 1 fully saturated rings. The number of benzene rings is 1. The molecule has 0 amide bonds. The van der Waals surface area contributed by atoms with E-state index in [1.807, 2.05) is 0 Å². The summed E-state index contributed by atoms with van der Waals surface area (Å²) < 4.78 is 10.5. The van der Waals surface area contributed by atoms with E-state index in [1.54, 1.807) is 32.4 Å². The average molecular weight is 275 g/mol. The van der Waals surface area contributed by atoms with Gasteiger partial charge in [0.1, 0.15) is 0 Å². The van der Waals surface area contributed by atoms with Crippen LogP contribution < -0.4 is 9.47 Å². The lowest BCUT2D eigenvalue weighted by atomic mass is 9.69. The lowest BCUT2D eigenvalue weighted by molar-refractivity contribution is 0.0358. The van der Waals surface area contributed by atoms with Gasteiger partial charge in [0.05, 0.1) is 31.8 Å². The van der Waals surface area contributed by atoms with E-state index in [0.717, 1.165) is 32.1 Å². The van der Waals surface area contributed by atoms with E-state index in [9.17, 15) is 10.4 Å². The first kappa shape index (κ1) is 14.7. The van der Waals surface area contributed by atoms with Gasteiger partial charge in [-0.05, 0) is 30.5 Å². The van der Waals surface area contributed by atoms with Gasteiger partial charge in [-0.15, -0.1) is 0 Å². The van der Waals surface area contributed by atoms with Gasteiger partial charge in [-0.3, -0.25) is 0 Å². The largest absolute Gasteiger partial charge is 0.493 e. The number of hydrogen-bond acceptors (Lipinski definition) is 4. The molecule has 0 aromatic heterocycles. The summed E-state index contributed by atoms with van der Waals surface area (Å²) in [6, 6.07) is 7.70. The van der Waals surface area contributed by atoms with Crippen molar-refractivity contribution in [2.45, 2.75) is 38.2 Å². The Morgan fingerprint density at radius 3 is 2.35 bits per heavy atom. The van der Waals surface area contributed by atoms with E-state index in [-0.39, 0.29) is 0 Å². The molecule has 0 heterocycles. The monoisotopic (exact) mass is 275 g/mol. The van der Waals surface area contributed by atoms with E-state index in [1.165, 1.54) is 0 Å². The van der Waals surface area contributed by atoms with Crippen molar-refractivity contribution in [3.05, 3.63) is 23.8 Å². The molecule has 108 valence electrons. The van der Waals surface area contributed by atoms with Crippen molar-refractivity contribution < 1.29 is 14.6 Å². The zero-order chi connectivity index (χ0) is 14.6. The van der Waals surface area contributed by atoms with Crippen molar-refractivity contribution >= 4 is 0 Å². The Hall–Kier alpha value is -1.73. The van der Waals surface area contributed by atoms with Gasteiger partial charge in [0.15, 0.2) is 11.5 Å². The molecule has 1 saturated carbocycles. The summed E-state index contributed by atoms with van der Waals surface area (Å²) in [6.07, 6.45) is 3.85. The quantitative estimate of drug-likeness (QED) is 0.916. The van der Waals surface area contributed by atoms with Gasteiger partial charge in [0.2, 0.25) is 0 Å². The molecular weight excluding hydrogens is 254 g/mol. The maximum Gasteiger partial charge on any atom is 0.161 e. The Kier molecular flexibility index (Phi) is 4.51. The highest BCUT2D eigenvalue weighted by Crippen LogP contribution is 2.46. The summed E-state index contributed by atoms with van der Waals surface area (Å²) in [6.45, 7) is 0. The van der Waals surface area contributed by atoms with E-state index in [0.29, 0.717) is 17.1 Å². The number of ether oxygens (including phenoxy) is 2. The molecule has 2 rings (SSSR count). The molecule has 0 saturated heterocycles. The number of nitriles is 1. The Labute approximate surface area is 119 Å². The zero-order valence-electron chi connectivity index (χ0n) is 12.1. The molecule has 1 aromatic carbocycles. The third-order valence-corrected chi connectivity index (χ3v) is 4.22. The molecule has 20 heavy (non-hydrogen) atoms. The van der Waals surface area contributed by atoms with Crippen LogP contribution in [0.2, 0.25) is 0 Å². The first-order valence-electron chi connectivity index (χ1n) is 6.98. The lowest BCUT2D eigenvalue weighted by Crippen LogP contribution is -2.30. The van der Waals surface area contributed by atoms with Gasteiger partial charge in [0, 0.05) is 0 Å². The van der Waals surface area contributed by atoms with E-state index < -0.39 is 11.5 Å². The van der Waals surface area contributed by atoms with Crippen molar-refractivity contribution in [2.75, 3.05) is 14.2 Å². The summed E-state index contributed by atoms with van der Waals surface area (Å²) in [5.74, 6) is 1.20. The second-order valence-electron chi connectivity index (χ2n) is 5.35. The SMILES string of the molecule is COc1ccc(C(O)C2(C#N)CCCCC2)cc1OC. The number of aliphatic hydroxyl groups is 1.